The number of aryl methyl sites for hydroxylation is 1. The number of esters is 1. The highest BCUT2D eigenvalue weighted by atomic mass is 35.5. The van der Waals surface area contributed by atoms with Crippen molar-refractivity contribution in [2.75, 3.05) is 6.54 Å². The molecule has 2 atom stereocenters. The van der Waals surface area contributed by atoms with Gasteiger partial charge >= 0.3 is 5.97 Å². The standard InChI is InChI=1S/C18H19ClN2O5/c1-11-6-15(26-20-11)8-17(23)21-9-14(22)7-16(21)18(24)25-10-12-2-4-13(19)5-3-12/h2-6,14,16,22H,7-10H2,1H3/t14-,16+/m1/s1. The minimum atomic E-state index is -0.811. The van der Waals surface area contributed by atoms with E-state index in [-0.39, 0.29) is 31.9 Å². The molecule has 0 radical (unpaired) electrons. The molecule has 1 aromatic carbocycles. The van der Waals surface area contributed by atoms with Crippen molar-refractivity contribution < 1.29 is 24.0 Å². The lowest BCUT2D eigenvalue weighted by atomic mass is 10.2. The topological polar surface area (TPSA) is 92.9 Å². The van der Waals surface area contributed by atoms with Crippen LogP contribution in [0.15, 0.2) is 34.9 Å². The van der Waals surface area contributed by atoms with Crippen LogP contribution in [0.2, 0.25) is 5.02 Å². The number of aromatic nitrogens is 1. The SMILES string of the molecule is Cc1cc(CC(=O)N2C[C@H](O)C[C@H]2C(=O)OCc2ccc(Cl)cc2)on1. The Kier molecular flexibility index (Phi) is 5.58. The summed E-state index contributed by atoms with van der Waals surface area (Å²) in [7, 11) is 0. The van der Waals surface area contributed by atoms with Gasteiger partial charge in [-0.25, -0.2) is 4.79 Å². The maximum Gasteiger partial charge on any atom is 0.329 e. The number of nitrogens with zero attached hydrogens (tertiary/aromatic N) is 2. The smallest absolute Gasteiger partial charge is 0.329 e. The molecule has 0 aliphatic carbocycles. The first-order chi connectivity index (χ1) is 12.4. The molecule has 2 heterocycles. The molecule has 1 N–H and O–H groups in total. The average Bonchev–Trinajstić information content (AvgIpc) is 3.19. The Balaban J connectivity index is 1.61. The summed E-state index contributed by atoms with van der Waals surface area (Å²) in [6.45, 7) is 1.92. The Labute approximate surface area is 155 Å². The van der Waals surface area contributed by atoms with Crippen LogP contribution in [-0.4, -0.2) is 45.7 Å². The van der Waals surface area contributed by atoms with E-state index in [9.17, 15) is 14.7 Å². The molecule has 1 aromatic heterocycles. The summed E-state index contributed by atoms with van der Waals surface area (Å²) in [5.74, 6) is -0.438. The van der Waals surface area contributed by atoms with Crippen molar-refractivity contribution in [2.24, 2.45) is 0 Å². The number of benzene rings is 1. The number of aliphatic hydroxyl groups excluding tert-OH is 1. The van der Waals surface area contributed by atoms with Crippen LogP contribution >= 0.6 is 11.6 Å². The van der Waals surface area contributed by atoms with Crippen molar-refractivity contribution in [3.63, 3.8) is 0 Å². The first-order valence-corrected chi connectivity index (χ1v) is 8.61. The van der Waals surface area contributed by atoms with Crippen LogP contribution in [0.5, 0.6) is 0 Å². The normalized spacial score (nSPS) is 19.6. The van der Waals surface area contributed by atoms with Crippen LogP contribution in [-0.2, 0) is 27.4 Å². The van der Waals surface area contributed by atoms with E-state index in [0.717, 1.165) is 5.56 Å². The average molecular weight is 379 g/mol. The molecule has 7 nitrogen and oxygen atoms in total. The van der Waals surface area contributed by atoms with Crippen molar-refractivity contribution in [1.29, 1.82) is 0 Å². The number of hydrogen-bond donors (Lipinski definition) is 1. The van der Waals surface area contributed by atoms with Gasteiger partial charge in [-0.2, -0.15) is 0 Å². The fraction of sp³-hybridized carbons (Fsp3) is 0.389. The summed E-state index contributed by atoms with van der Waals surface area (Å²) in [4.78, 5) is 26.3. The molecule has 26 heavy (non-hydrogen) atoms. The molecule has 1 saturated heterocycles. The molecular formula is C18H19ClN2O5. The van der Waals surface area contributed by atoms with Crippen LogP contribution in [0.3, 0.4) is 0 Å². The Morgan fingerprint density at radius 2 is 2.12 bits per heavy atom. The highest BCUT2D eigenvalue weighted by Gasteiger charge is 2.40. The van der Waals surface area contributed by atoms with E-state index < -0.39 is 18.1 Å². The Morgan fingerprint density at radius 1 is 1.38 bits per heavy atom. The Bertz CT molecular complexity index is 789. The van der Waals surface area contributed by atoms with Gasteiger partial charge in [-0.05, 0) is 24.6 Å². The summed E-state index contributed by atoms with van der Waals surface area (Å²) in [6, 6.07) is 7.79. The number of aliphatic hydroxyl groups is 1. The van der Waals surface area contributed by atoms with E-state index in [4.69, 9.17) is 20.9 Å². The first-order valence-electron chi connectivity index (χ1n) is 8.23. The second kappa shape index (κ2) is 7.88. The summed E-state index contributed by atoms with van der Waals surface area (Å²) in [6.07, 6.45) is -0.627. The summed E-state index contributed by atoms with van der Waals surface area (Å²) in [5, 5.41) is 14.2. The number of carbonyl (C=O) groups is 2. The molecule has 0 saturated carbocycles. The number of ether oxygens (including phenoxy) is 1. The number of likely N-dealkylation sites (tertiary alicyclic amines) is 1. The van der Waals surface area contributed by atoms with Crippen molar-refractivity contribution in [1.82, 2.24) is 10.1 Å². The maximum absolute atomic E-state index is 12.5. The summed E-state index contributed by atoms with van der Waals surface area (Å²) in [5.41, 5.74) is 1.46. The lowest BCUT2D eigenvalue weighted by molar-refractivity contribution is -0.154. The van der Waals surface area contributed by atoms with Gasteiger partial charge in [0.1, 0.15) is 18.4 Å². The molecule has 3 rings (SSSR count). The molecule has 1 aliphatic rings. The number of hydrogen-bond acceptors (Lipinski definition) is 6. The second-order valence-corrected chi connectivity index (χ2v) is 6.73. The fourth-order valence-corrected chi connectivity index (χ4v) is 3.02. The van der Waals surface area contributed by atoms with Gasteiger partial charge in [0, 0.05) is 24.1 Å². The number of halogens is 1. The van der Waals surface area contributed by atoms with Crippen LogP contribution in [0, 0.1) is 6.92 Å². The third kappa shape index (κ3) is 4.42. The van der Waals surface area contributed by atoms with Gasteiger partial charge in [0.2, 0.25) is 5.91 Å². The second-order valence-electron chi connectivity index (χ2n) is 6.30. The predicted molar refractivity (Wildman–Crippen MR) is 92.3 cm³/mol. The van der Waals surface area contributed by atoms with E-state index in [1.807, 2.05) is 0 Å². The van der Waals surface area contributed by atoms with Gasteiger partial charge in [0.05, 0.1) is 18.2 Å². The van der Waals surface area contributed by atoms with Crippen LogP contribution in [0.4, 0.5) is 0 Å². The van der Waals surface area contributed by atoms with Gasteiger partial charge in [0.15, 0.2) is 0 Å². The van der Waals surface area contributed by atoms with Gasteiger partial charge in [-0.1, -0.05) is 28.9 Å². The number of rotatable bonds is 5. The van der Waals surface area contributed by atoms with Crippen LogP contribution < -0.4 is 0 Å². The summed E-state index contributed by atoms with van der Waals surface area (Å²) >= 11 is 5.82. The van der Waals surface area contributed by atoms with Gasteiger partial charge in [-0.15, -0.1) is 0 Å². The molecule has 0 bridgehead atoms. The van der Waals surface area contributed by atoms with E-state index in [1.165, 1.54) is 4.90 Å². The third-order valence-electron chi connectivity index (χ3n) is 4.17. The molecule has 1 amide bonds. The zero-order valence-corrected chi connectivity index (χ0v) is 15.0. The van der Waals surface area contributed by atoms with E-state index in [2.05, 4.69) is 5.16 Å². The lowest BCUT2D eigenvalue weighted by Crippen LogP contribution is -2.42. The molecule has 1 aliphatic heterocycles. The van der Waals surface area contributed by atoms with E-state index in [0.29, 0.717) is 16.5 Å². The monoisotopic (exact) mass is 378 g/mol. The fourth-order valence-electron chi connectivity index (χ4n) is 2.89. The number of β-amino-alcohol motifs (C(OH)–C–C–N with tert-alkyl or cyclic N) is 1. The molecule has 138 valence electrons. The minimum absolute atomic E-state index is 0.0193. The van der Waals surface area contributed by atoms with Gasteiger partial charge < -0.3 is 19.3 Å². The van der Waals surface area contributed by atoms with Crippen molar-refractivity contribution in [3.8, 4) is 0 Å². The third-order valence-corrected chi connectivity index (χ3v) is 4.42. The van der Waals surface area contributed by atoms with Crippen LogP contribution in [0.25, 0.3) is 0 Å². The highest BCUT2D eigenvalue weighted by Crippen LogP contribution is 2.21. The zero-order valence-electron chi connectivity index (χ0n) is 14.2. The van der Waals surface area contributed by atoms with Gasteiger partial charge in [-0.3, -0.25) is 4.79 Å². The number of amides is 1. The summed E-state index contributed by atoms with van der Waals surface area (Å²) < 4.78 is 10.4. The molecule has 0 spiro atoms. The van der Waals surface area contributed by atoms with E-state index in [1.54, 1.807) is 37.3 Å². The van der Waals surface area contributed by atoms with Gasteiger partial charge in [0.25, 0.3) is 0 Å². The Hall–Kier alpha value is -2.38. The minimum Gasteiger partial charge on any atom is -0.459 e. The molecular weight excluding hydrogens is 360 g/mol. The lowest BCUT2D eigenvalue weighted by Gasteiger charge is -2.22. The highest BCUT2D eigenvalue weighted by molar-refractivity contribution is 6.30. The molecule has 1 fully saturated rings. The maximum atomic E-state index is 12.5. The quantitative estimate of drug-likeness (QED) is 0.798. The molecule has 0 unspecified atom stereocenters. The molecule has 2 aromatic rings. The largest absolute Gasteiger partial charge is 0.459 e. The van der Waals surface area contributed by atoms with Crippen molar-refractivity contribution in [3.05, 3.63) is 52.4 Å². The Morgan fingerprint density at radius 3 is 2.77 bits per heavy atom. The molecule has 8 heteroatoms. The van der Waals surface area contributed by atoms with Crippen molar-refractivity contribution in [2.45, 2.75) is 38.5 Å². The number of carbonyl (C=O) groups excluding carboxylic acids is 2. The predicted octanol–water partition coefficient (Wildman–Crippen LogP) is 1.88. The van der Waals surface area contributed by atoms with E-state index >= 15 is 0 Å². The first kappa shape index (κ1) is 18.4. The van der Waals surface area contributed by atoms with Crippen LogP contribution in [0.1, 0.15) is 23.4 Å². The van der Waals surface area contributed by atoms with Crippen molar-refractivity contribution >= 4 is 23.5 Å². The zero-order chi connectivity index (χ0) is 18.7.